The van der Waals surface area contributed by atoms with E-state index in [1.54, 1.807) is 26.4 Å². The molecular weight excluding hydrogens is 327 g/mol. The van der Waals surface area contributed by atoms with Crippen molar-refractivity contribution in [1.29, 1.82) is 0 Å². The molecule has 128 valence electrons. The average molecular weight is 348 g/mol. The fourth-order valence-corrected chi connectivity index (χ4v) is 2.54. The van der Waals surface area contributed by atoms with Crippen LogP contribution in [0.5, 0.6) is 11.5 Å². The predicted molar refractivity (Wildman–Crippen MR) is 96.9 cm³/mol. The van der Waals surface area contributed by atoms with Gasteiger partial charge < -0.3 is 20.1 Å². The van der Waals surface area contributed by atoms with Gasteiger partial charge in [-0.3, -0.25) is 0 Å². The maximum atomic E-state index is 12.9. The molecule has 4 nitrogen and oxygen atoms in total. The third-order valence-electron chi connectivity index (χ3n) is 3.62. The van der Waals surface area contributed by atoms with Crippen LogP contribution < -0.4 is 20.1 Å². The third kappa shape index (κ3) is 4.83. The van der Waals surface area contributed by atoms with Gasteiger partial charge in [0.15, 0.2) is 5.11 Å². The highest BCUT2D eigenvalue weighted by molar-refractivity contribution is 7.80. The number of hydrogen-bond acceptors (Lipinski definition) is 3. The van der Waals surface area contributed by atoms with Crippen LogP contribution in [0.1, 0.15) is 24.1 Å². The monoisotopic (exact) mass is 348 g/mol. The second-order valence-corrected chi connectivity index (χ2v) is 5.69. The van der Waals surface area contributed by atoms with Crippen LogP contribution in [0.3, 0.4) is 0 Å². The molecular formula is C18H21FN2O2S. The van der Waals surface area contributed by atoms with Gasteiger partial charge >= 0.3 is 0 Å². The van der Waals surface area contributed by atoms with E-state index >= 15 is 0 Å². The molecule has 2 N–H and O–H groups in total. The maximum Gasteiger partial charge on any atom is 0.167 e. The van der Waals surface area contributed by atoms with Crippen LogP contribution in [0.25, 0.3) is 0 Å². The maximum absolute atomic E-state index is 12.9. The lowest BCUT2D eigenvalue weighted by Crippen LogP contribution is -2.36. The van der Waals surface area contributed by atoms with Crippen molar-refractivity contribution >= 4 is 17.3 Å². The summed E-state index contributed by atoms with van der Waals surface area (Å²) in [6, 6.07) is 11.9. The number of benzene rings is 2. The van der Waals surface area contributed by atoms with Crippen molar-refractivity contribution in [3.8, 4) is 11.5 Å². The Morgan fingerprint density at radius 3 is 2.46 bits per heavy atom. The minimum Gasteiger partial charge on any atom is -0.497 e. The van der Waals surface area contributed by atoms with E-state index in [2.05, 4.69) is 10.6 Å². The molecule has 0 aliphatic carbocycles. The number of methoxy groups -OCH3 is 2. The largest absolute Gasteiger partial charge is 0.497 e. The van der Waals surface area contributed by atoms with Gasteiger partial charge in [-0.2, -0.15) is 0 Å². The van der Waals surface area contributed by atoms with E-state index in [0.29, 0.717) is 11.7 Å². The van der Waals surface area contributed by atoms with Gasteiger partial charge in [0.1, 0.15) is 17.3 Å². The predicted octanol–water partition coefficient (Wildman–Crippen LogP) is 3.57. The lowest BCUT2D eigenvalue weighted by molar-refractivity contribution is 0.395. The van der Waals surface area contributed by atoms with Crippen molar-refractivity contribution in [3.63, 3.8) is 0 Å². The first-order chi connectivity index (χ1) is 11.5. The van der Waals surface area contributed by atoms with Gasteiger partial charge in [0.2, 0.25) is 0 Å². The molecule has 0 heterocycles. The van der Waals surface area contributed by atoms with E-state index in [9.17, 15) is 4.39 Å². The van der Waals surface area contributed by atoms with Gasteiger partial charge in [0.25, 0.3) is 0 Å². The minimum atomic E-state index is -0.252. The first kappa shape index (κ1) is 18.0. The summed E-state index contributed by atoms with van der Waals surface area (Å²) in [4.78, 5) is 0. The SMILES string of the molecule is COc1ccc(OC)c(C(C)NC(=S)NCc2ccc(F)cc2)c1. The van der Waals surface area contributed by atoms with Crippen LogP contribution in [-0.4, -0.2) is 19.3 Å². The molecule has 1 atom stereocenters. The minimum absolute atomic E-state index is 0.0664. The summed E-state index contributed by atoms with van der Waals surface area (Å²) in [5.41, 5.74) is 1.90. The lowest BCUT2D eigenvalue weighted by atomic mass is 10.1. The Labute approximate surface area is 147 Å². The lowest BCUT2D eigenvalue weighted by Gasteiger charge is -2.20. The Balaban J connectivity index is 1.97. The molecule has 2 aromatic rings. The van der Waals surface area contributed by atoms with Crippen molar-refractivity contribution < 1.29 is 13.9 Å². The molecule has 0 amide bonds. The normalized spacial score (nSPS) is 11.5. The van der Waals surface area contributed by atoms with Gasteiger partial charge in [-0.1, -0.05) is 12.1 Å². The van der Waals surface area contributed by atoms with Crippen molar-refractivity contribution in [2.75, 3.05) is 14.2 Å². The van der Waals surface area contributed by atoms with E-state index in [0.717, 1.165) is 22.6 Å². The molecule has 0 aromatic heterocycles. The molecule has 0 saturated carbocycles. The van der Waals surface area contributed by atoms with Gasteiger partial charge in [-0.25, -0.2) is 4.39 Å². The molecule has 1 unspecified atom stereocenters. The quantitative estimate of drug-likeness (QED) is 0.781. The molecule has 0 aliphatic heterocycles. The second-order valence-electron chi connectivity index (χ2n) is 5.28. The summed E-state index contributed by atoms with van der Waals surface area (Å²) in [5.74, 6) is 1.26. The molecule has 0 bridgehead atoms. The summed E-state index contributed by atoms with van der Waals surface area (Å²) in [6.45, 7) is 2.51. The third-order valence-corrected chi connectivity index (χ3v) is 3.88. The number of rotatable bonds is 6. The Morgan fingerprint density at radius 2 is 1.83 bits per heavy atom. The highest BCUT2D eigenvalue weighted by atomic mass is 32.1. The molecule has 0 spiro atoms. The van der Waals surface area contributed by atoms with Crippen molar-refractivity contribution in [1.82, 2.24) is 10.6 Å². The smallest absolute Gasteiger partial charge is 0.167 e. The molecule has 2 rings (SSSR count). The summed E-state index contributed by atoms with van der Waals surface area (Å²) in [6.07, 6.45) is 0. The first-order valence-corrected chi connectivity index (χ1v) is 7.95. The molecule has 24 heavy (non-hydrogen) atoms. The van der Waals surface area contributed by atoms with Crippen LogP contribution in [-0.2, 0) is 6.54 Å². The number of thiocarbonyl (C=S) groups is 1. The topological polar surface area (TPSA) is 42.5 Å². The number of ether oxygens (including phenoxy) is 2. The summed E-state index contributed by atoms with van der Waals surface area (Å²) < 4.78 is 23.6. The summed E-state index contributed by atoms with van der Waals surface area (Å²) in [7, 11) is 3.25. The van der Waals surface area contributed by atoms with E-state index in [4.69, 9.17) is 21.7 Å². The average Bonchev–Trinajstić information content (AvgIpc) is 2.60. The Bertz CT molecular complexity index is 692. The summed E-state index contributed by atoms with van der Waals surface area (Å²) in [5, 5.41) is 6.84. The summed E-state index contributed by atoms with van der Waals surface area (Å²) >= 11 is 5.33. The van der Waals surface area contributed by atoms with E-state index in [1.807, 2.05) is 25.1 Å². The van der Waals surface area contributed by atoms with Gasteiger partial charge in [0.05, 0.1) is 20.3 Å². The molecule has 0 fully saturated rings. The Morgan fingerprint density at radius 1 is 1.12 bits per heavy atom. The van der Waals surface area contributed by atoms with E-state index in [1.165, 1.54) is 12.1 Å². The molecule has 2 aromatic carbocycles. The van der Waals surface area contributed by atoms with Gasteiger partial charge in [-0.15, -0.1) is 0 Å². The number of halogens is 1. The van der Waals surface area contributed by atoms with Crippen molar-refractivity contribution in [2.24, 2.45) is 0 Å². The van der Waals surface area contributed by atoms with Crippen LogP contribution >= 0.6 is 12.2 Å². The second kappa shape index (κ2) is 8.49. The van der Waals surface area contributed by atoms with Gasteiger partial charge in [-0.05, 0) is 55.0 Å². The molecule has 6 heteroatoms. The number of hydrogen-bond donors (Lipinski definition) is 2. The highest BCUT2D eigenvalue weighted by Crippen LogP contribution is 2.29. The van der Waals surface area contributed by atoms with Crippen molar-refractivity contribution in [3.05, 3.63) is 59.4 Å². The fourth-order valence-electron chi connectivity index (χ4n) is 2.29. The Hall–Kier alpha value is -2.34. The number of nitrogens with one attached hydrogen (secondary N) is 2. The van der Waals surface area contributed by atoms with Crippen LogP contribution in [0.15, 0.2) is 42.5 Å². The standard InChI is InChI=1S/C18H21FN2O2S/c1-12(16-10-15(22-2)8-9-17(16)23-3)21-18(24)20-11-13-4-6-14(19)7-5-13/h4-10,12H,11H2,1-3H3,(H2,20,21,24). The Kier molecular flexibility index (Phi) is 6.37. The fraction of sp³-hybridized carbons (Fsp3) is 0.278. The molecule has 0 radical (unpaired) electrons. The highest BCUT2D eigenvalue weighted by Gasteiger charge is 2.13. The van der Waals surface area contributed by atoms with E-state index in [-0.39, 0.29) is 11.9 Å². The van der Waals surface area contributed by atoms with E-state index < -0.39 is 0 Å². The first-order valence-electron chi connectivity index (χ1n) is 7.54. The zero-order chi connectivity index (χ0) is 17.5. The van der Waals surface area contributed by atoms with Crippen LogP contribution in [0, 0.1) is 5.82 Å². The van der Waals surface area contributed by atoms with Gasteiger partial charge in [0, 0.05) is 12.1 Å². The zero-order valence-electron chi connectivity index (χ0n) is 13.9. The molecule has 0 saturated heterocycles. The van der Waals surface area contributed by atoms with Crippen molar-refractivity contribution in [2.45, 2.75) is 19.5 Å². The molecule has 0 aliphatic rings. The van der Waals surface area contributed by atoms with Crippen LogP contribution in [0.2, 0.25) is 0 Å². The zero-order valence-corrected chi connectivity index (χ0v) is 14.7. The van der Waals surface area contributed by atoms with Crippen LogP contribution in [0.4, 0.5) is 4.39 Å².